The summed E-state index contributed by atoms with van der Waals surface area (Å²) in [5, 5.41) is 0. The Labute approximate surface area is 128 Å². The zero-order chi connectivity index (χ0) is 15.9. The van der Waals surface area contributed by atoms with E-state index in [1.165, 1.54) is 6.08 Å². The molecule has 0 aliphatic rings. The molecule has 0 aromatic heterocycles. The molecule has 0 aromatic carbocycles. The van der Waals surface area contributed by atoms with E-state index < -0.39 is 5.97 Å². The minimum atomic E-state index is -0.452. The van der Waals surface area contributed by atoms with Gasteiger partial charge in [-0.2, -0.15) is 0 Å². The van der Waals surface area contributed by atoms with E-state index in [9.17, 15) is 9.59 Å². The van der Waals surface area contributed by atoms with Crippen molar-refractivity contribution in [2.45, 2.75) is 72.1 Å². The third-order valence-corrected chi connectivity index (χ3v) is 3.39. The van der Waals surface area contributed by atoms with Gasteiger partial charge in [0, 0.05) is 6.42 Å². The Hall–Kier alpha value is -1.32. The first-order valence-corrected chi connectivity index (χ1v) is 8.16. The fourth-order valence-electron chi connectivity index (χ4n) is 1.89. The summed E-state index contributed by atoms with van der Waals surface area (Å²) < 4.78 is 9.99. The van der Waals surface area contributed by atoms with Crippen molar-refractivity contribution < 1.29 is 19.1 Å². The molecule has 0 heterocycles. The van der Waals surface area contributed by atoms with Crippen molar-refractivity contribution in [1.29, 1.82) is 0 Å². The summed E-state index contributed by atoms with van der Waals surface area (Å²) in [6, 6.07) is 0. The molecule has 0 saturated heterocycles. The van der Waals surface area contributed by atoms with Gasteiger partial charge in [0.25, 0.3) is 0 Å². The van der Waals surface area contributed by atoms with Gasteiger partial charge in [0.15, 0.2) is 0 Å². The van der Waals surface area contributed by atoms with Crippen LogP contribution in [-0.2, 0) is 19.1 Å². The van der Waals surface area contributed by atoms with E-state index in [1.807, 2.05) is 0 Å². The van der Waals surface area contributed by atoms with Crippen molar-refractivity contribution >= 4 is 11.9 Å². The highest BCUT2D eigenvalue weighted by molar-refractivity contribution is 5.82. The lowest BCUT2D eigenvalue weighted by molar-refractivity contribution is -0.139. The van der Waals surface area contributed by atoms with Crippen molar-refractivity contribution in [3.63, 3.8) is 0 Å². The second kappa shape index (κ2) is 13.7. The van der Waals surface area contributed by atoms with Gasteiger partial charge in [-0.15, -0.1) is 0 Å². The molecule has 0 aromatic rings. The molecule has 0 saturated carbocycles. The molecule has 0 N–H and O–H groups in total. The minimum absolute atomic E-state index is 0.304. The van der Waals surface area contributed by atoms with Crippen molar-refractivity contribution in [2.75, 3.05) is 6.61 Å². The van der Waals surface area contributed by atoms with Crippen LogP contribution in [0.3, 0.4) is 0 Å². The van der Waals surface area contributed by atoms with Crippen LogP contribution in [0.15, 0.2) is 12.3 Å². The number of ether oxygens (including phenoxy) is 2. The highest BCUT2D eigenvalue weighted by atomic mass is 16.5. The average Bonchev–Trinajstić information content (AvgIpc) is 2.47. The summed E-state index contributed by atoms with van der Waals surface area (Å²) in [4.78, 5) is 22.8. The first-order valence-electron chi connectivity index (χ1n) is 8.16. The van der Waals surface area contributed by atoms with Gasteiger partial charge in [-0.25, -0.2) is 4.79 Å². The molecule has 122 valence electrons. The summed E-state index contributed by atoms with van der Waals surface area (Å²) >= 11 is 0. The molecular formula is C17H30O4. The number of rotatable bonds is 12. The Kier molecular flexibility index (Phi) is 12.8. The van der Waals surface area contributed by atoms with Crippen LogP contribution in [0.5, 0.6) is 0 Å². The maximum absolute atomic E-state index is 11.5. The highest BCUT2D eigenvalue weighted by Gasteiger charge is 2.08. The second-order valence-electron chi connectivity index (χ2n) is 5.30. The lowest BCUT2D eigenvalue weighted by Crippen LogP contribution is -2.12. The molecule has 1 atom stereocenters. The van der Waals surface area contributed by atoms with Crippen LogP contribution >= 0.6 is 0 Å². The van der Waals surface area contributed by atoms with Gasteiger partial charge in [0.1, 0.15) is 6.26 Å². The van der Waals surface area contributed by atoms with Gasteiger partial charge in [0.05, 0.1) is 12.7 Å². The van der Waals surface area contributed by atoms with Crippen LogP contribution in [0.2, 0.25) is 0 Å². The van der Waals surface area contributed by atoms with Gasteiger partial charge in [-0.05, 0) is 18.8 Å². The van der Waals surface area contributed by atoms with Gasteiger partial charge in [0.2, 0.25) is 0 Å². The molecule has 0 aliphatic carbocycles. The Bertz CT molecular complexity index is 310. The zero-order valence-corrected chi connectivity index (χ0v) is 13.7. The van der Waals surface area contributed by atoms with Crippen LogP contribution in [0.4, 0.5) is 0 Å². The quantitative estimate of drug-likeness (QED) is 0.232. The number of carbonyl (C=O) groups is 2. The minimum Gasteiger partial charge on any atom is -0.462 e. The normalized spacial score (nSPS) is 12.3. The maximum Gasteiger partial charge on any atom is 0.333 e. The Morgan fingerprint density at radius 1 is 1.05 bits per heavy atom. The van der Waals surface area contributed by atoms with E-state index in [1.54, 1.807) is 0 Å². The summed E-state index contributed by atoms with van der Waals surface area (Å²) in [6.07, 6.45) is 9.97. The largest absolute Gasteiger partial charge is 0.462 e. The van der Waals surface area contributed by atoms with E-state index in [0.29, 0.717) is 18.9 Å². The number of carbonyl (C=O) groups excluding carboxylic acids is 2. The standard InChI is InChI=1S/C17H30O4/c1-4-7-9-11-16(18)20-13-12-17(19)21-14-15(6-3)10-8-5-2/h12-13,15H,4-11,14H2,1-3H3. The Balaban J connectivity index is 3.81. The van der Waals surface area contributed by atoms with Crippen molar-refractivity contribution in [2.24, 2.45) is 5.92 Å². The SMILES string of the molecule is CCCCCC(=O)OC=CC(=O)OCC(CC)CCCC. The number of hydrogen-bond acceptors (Lipinski definition) is 4. The van der Waals surface area contributed by atoms with Crippen LogP contribution in [-0.4, -0.2) is 18.5 Å². The van der Waals surface area contributed by atoms with Gasteiger partial charge >= 0.3 is 11.9 Å². The molecular weight excluding hydrogens is 268 g/mol. The lowest BCUT2D eigenvalue weighted by atomic mass is 10.0. The number of esters is 2. The van der Waals surface area contributed by atoms with E-state index >= 15 is 0 Å². The summed E-state index contributed by atoms with van der Waals surface area (Å²) in [7, 11) is 0. The van der Waals surface area contributed by atoms with Crippen molar-refractivity contribution in [1.82, 2.24) is 0 Å². The monoisotopic (exact) mass is 298 g/mol. The molecule has 0 bridgehead atoms. The molecule has 4 heteroatoms. The smallest absolute Gasteiger partial charge is 0.333 e. The van der Waals surface area contributed by atoms with Crippen molar-refractivity contribution in [3.8, 4) is 0 Å². The van der Waals surface area contributed by atoms with Gasteiger partial charge < -0.3 is 9.47 Å². The van der Waals surface area contributed by atoms with Crippen LogP contribution in [0.1, 0.15) is 72.1 Å². The molecule has 4 nitrogen and oxygen atoms in total. The fourth-order valence-corrected chi connectivity index (χ4v) is 1.89. The molecule has 0 rings (SSSR count). The molecule has 1 unspecified atom stereocenters. The maximum atomic E-state index is 11.5. The van der Waals surface area contributed by atoms with E-state index in [-0.39, 0.29) is 5.97 Å². The molecule has 0 amide bonds. The number of hydrogen-bond donors (Lipinski definition) is 0. The molecule has 21 heavy (non-hydrogen) atoms. The van der Waals surface area contributed by atoms with Gasteiger partial charge in [-0.1, -0.05) is 52.9 Å². The topological polar surface area (TPSA) is 52.6 Å². The molecule has 0 spiro atoms. The van der Waals surface area contributed by atoms with Gasteiger partial charge in [-0.3, -0.25) is 4.79 Å². The first-order chi connectivity index (χ1) is 10.1. The highest BCUT2D eigenvalue weighted by Crippen LogP contribution is 2.12. The average molecular weight is 298 g/mol. The van der Waals surface area contributed by atoms with E-state index in [4.69, 9.17) is 9.47 Å². The number of unbranched alkanes of at least 4 members (excludes halogenated alkanes) is 3. The third kappa shape index (κ3) is 12.2. The third-order valence-electron chi connectivity index (χ3n) is 3.39. The fraction of sp³-hybridized carbons (Fsp3) is 0.765. The predicted molar refractivity (Wildman–Crippen MR) is 83.6 cm³/mol. The summed E-state index contributed by atoms with van der Waals surface area (Å²) in [5.41, 5.74) is 0. The predicted octanol–water partition coefficient (Wildman–Crippen LogP) is 4.38. The van der Waals surface area contributed by atoms with Crippen molar-refractivity contribution in [3.05, 3.63) is 12.3 Å². The lowest BCUT2D eigenvalue weighted by Gasteiger charge is -2.13. The van der Waals surface area contributed by atoms with Crippen LogP contribution in [0.25, 0.3) is 0 Å². The Morgan fingerprint density at radius 2 is 1.76 bits per heavy atom. The second-order valence-corrected chi connectivity index (χ2v) is 5.30. The van der Waals surface area contributed by atoms with Crippen LogP contribution < -0.4 is 0 Å². The first kappa shape index (κ1) is 19.7. The summed E-state index contributed by atoms with van der Waals surface area (Å²) in [6.45, 7) is 6.76. The van der Waals surface area contributed by atoms with E-state index in [0.717, 1.165) is 51.2 Å². The van der Waals surface area contributed by atoms with Crippen LogP contribution in [0, 0.1) is 5.92 Å². The summed E-state index contributed by atoms with van der Waals surface area (Å²) in [5.74, 6) is -0.341. The molecule has 0 fully saturated rings. The molecule has 0 aliphatic heterocycles. The zero-order valence-electron chi connectivity index (χ0n) is 13.7. The Morgan fingerprint density at radius 3 is 2.38 bits per heavy atom. The molecule has 0 radical (unpaired) electrons. The van der Waals surface area contributed by atoms with E-state index in [2.05, 4.69) is 20.8 Å².